The molecule has 0 saturated carbocycles. The van der Waals surface area contributed by atoms with Crippen LogP contribution in [0.1, 0.15) is 16.7 Å². The second-order valence-electron chi connectivity index (χ2n) is 6.25. The molecule has 0 fully saturated rings. The van der Waals surface area contributed by atoms with Gasteiger partial charge in [0, 0.05) is 11.3 Å². The van der Waals surface area contributed by atoms with E-state index in [1.54, 1.807) is 62.4 Å². The summed E-state index contributed by atoms with van der Waals surface area (Å²) in [5.41, 5.74) is 2.32. The SMILES string of the molecule is Cc1cc(NC(=NS(=O)(=O)c2ccccc2)c2ccccc2)c(C)c(Cl)c1O. The van der Waals surface area contributed by atoms with Crippen LogP contribution >= 0.6 is 11.6 Å². The molecule has 144 valence electrons. The van der Waals surface area contributed by atoms with Gasteiger partial charge in [-0.3, -0.25) is 0 Å². The van der Waals surface area contributed by atoms with Crippen molar-refractivity contribution in [1.82, 2.24) is 0 Å². The number of phenolic OH excluding ortho intramolecular Hbond substituents is 1. The van der Waals surface area contributed by atoms with Crippen molar-refractivity contribution < 1.29 is 13.5 Å². The summed E-state index contributed by atoms with van der Waals surface area (Å²) < 4.78 is 29.6. The van der Waals surface area contributed by atoms with Gasteiger partial charge >= 0.3 is 0 Å². The van der Waals surface area contributed by atoms with E-state index in [1.165, 1.54) is 12.1 Å². The number of amidine groups is 1. The molecule has 0 bridgehead atoms. The fourth-order valence-corrected chi connectivity index (χ4v) is 3.88. The molecular formula is C21H19ClN2O3S. The van der Waals surface area contributed by atoms with E-state index >= 15 is 0 Å². The molecule has 0 amide bonds. The van der Waals surface area contributed by atoms with Crippen molar-refractivity contribution in [1.29, 1.82) is 0 Å². The zero-order chi connectivity index (χ0) is 20.3. The Hall–Kier alpha value is -2.83. The number of anilines is 1. The number of benzene rings is 3. The van der Waals surface area contributed by atoms with Crippen LogP contribution in [-0.2, 0) is 10.0 Å². The molecule has 2 N–H and O–H groups in total. The summed E-state index contributed by atoms with van der Waals surface area (Å²) in [6.45, 7) is 3.45. The first-order valence-corrected chi connectivity index (χ1v) is 10.3. The van der Waals surface area contributed by atoms with Crippen LogP contribution in [0.25, 0.3) is 0 Å². The van der Waals surface area contributed by atoms with Gasteiger partial charge in [-0.05, 0) is 43.2 Å². The van der Waals surface area contributed by atoms with Crippen LogP contribution in [0.3, 0.4) is 0 Å². The van der Waals surface area contributed by atoms with Crippen LogP contribution in [0.15, 0.2) is 76.0 Å². The second-order valence-corrected chi connectivity index (χ2v) is 8.23. The van der Waals surface area contributed by atoms with E-state index in [1.807, 2.05) is 6.07 Å². The lowest BCUT2D eigenvalue weighted by atomic mass is 10.1. The molecular weight excluding hydrogens is 396 g/mol. The van der Waals surface area contributed by atoms with E-state index in [2.05, 4.69) is 9.71 Å². The Kier molecular flexibility index (Phi) is 5.72. The number of nitrogens with one attached hydrogen (secondary N) is 1. The number of halogens is 1. The van der Waals surface area contributed by atoms with Gasteiger partial charge in [-0.1, -0.05) is 60.1 Å². The number of aromatic hydroxyl groups is 1. The molecule has 0 saturated heterocycles. The fourth-order valence-electron chi connectivity index (χ4n) is 2.63. The molecule has 0 unspecified atom stereocenters. The van der Waals surface area contributed by atoms with Crippen molar-refractivity contribution >= 4 is 33.1 Å². The summed E-state index contributed by atoms with van der Waals surface area (Å²) in [5.74, 6) is 0.161. The number of hydrogen-bond donors (Lipinski definition) is 2. The van der Waals surface area contributed by atoms with Gasteiger partial charge in [0.1, 0.15) is 5.75 Å². The standard InChI is InChI=1S/C21H19ClN2O3S/c1-14-13-18(15(2)19(22)20(14)25)23-21(16-9-5-3-6-10-16)24-28(26,27)17-11-7-4-8-12-17/h3-13,25H,1-2H3,(H,23,24). The van der Waals surface area contributed by atoms with Crippen LogP contribution in [-0.4, -0.2) is 19.4 Å². The molecule has 0 heterocycles. The Morgan fingerprint density at radius 2 is 1.57 bits per heavy atom. The molecule has 3 aromatic rings. The predicted octanol–water partition coefficient (Wildman–Crippen LogP) is 4.91. The Balaban J connectivity index is 2.13. The quantitative estimate of drug-likeness (QED) is 0.361. The van der Waals surface area contributed by atoms with E-state index in [-0.39, 0.29) is 21.5 Å². The van der Waals surface area contributed by atoms with Gasteiger partial charge in [0.25, 0.3) is 10.0 Å². The zero-order valence-electron chi connectivity index (χ0n) is 15.3. The maximum Gasteiger partial charge on any atom is 0.284 e. The van der Waals surface area contributed by atoms with Crippen LogP contribution in [0.5, 0.6) is 5.75 Å². The highest BCUT2D eigenvalue weighted by molar-refractivity contribution is 7.90. The molecule has 0 aromatic heterocycles. The predicted molar refractivity (Wildman–Crippen MR) is 113 cm³/mol. The first kappa shape index (κ1) is 19.9. The first-order valence-electron chi connectivity index (χ1n) is 8.50. The van der Waals surface area contributed by atoms with Crippen LogP contribution in [0.2, 0.25) is 5.02 Å². The number of aryl methyl sites for hydroxylation is 1. The maximum absolute atomic E-state index is 12.8. The molecule has 7 heteroatoms. The highest BCUT2D eigenvalue weighted by Gasteiger charge is 2.17. The van der Waals surface area contributed by atoms with Crippen LogP contribution < -0.4 is 5.32 Å². The summed E-state index contributed by atoms with van der Waals surface area (Å²) in [7, 11) is -3.93. The molecule has 3 rings (SSSR count). The Bertz CT molecular complexity index is 1130. The smallest absolute Gasteiger partial charge is 0.284 e. The van der Waals surface area contributed by atoms with Gasteiger partial charge in [-0.25, -0.2) is 0 Å². The van der Waals surface area contributed by atoms with E-state index in [0.29, 0.717) is 22.4 Å². The summed E-state index contributed by atoms with van der Waals surface area (Å²) in [6, 6.07) is 18.7. The Labute approximate surface area is 169 Å². The van der Waals surface area contributed by atoms with Crippen molar-refractivity contribution in [2.75, 3.05) is 5.32 Å². The fraction of sp³-hybridized carbons (Fsp3) is 0.0952. The lowest BCUT2D eigenvalue weighted by molar-refractivity contribution is 0.471. The molecule has 0 aliphatic carbocycles. The Morgan fingerprint density at radius 1 is 1.00 bits per heavy atom. The summed E-state index contributed by atoms with van der Waals surface area (Å²) >= 11 is 6.20. The van der Waals surface area contributed by atoms with Gasteiger partial charge in [0.05, 0.1) is 9.92 Å². The molecule has 0 radical (unpaired) electrons. The van der Waals surface area contributed by atoms with Gasteiger partial charge in [-0.2, -0.15) is 8.42 Å². The lowest BCUT2D eigenvalue weighted by Gasteiger charge is -2.15. The summed E-state index contributed by atoms with van der Waals surface area (Å²) in [5, 5.41) is 13.3. The molecule has 5 nitrogen and oxygen atoms in total. The summed E-state index contributed by atoms with van der Waals surface area (Å²) in [4.78, 5) is 0.0990. The average Bonchev–Trinajstić information content (AvgIpc) is 2.71. The van der Waals surface area contributed by atoms with Gasteiger partial charge in [0.2, 0.25) is 0 Å². The van der Waals surface area contributed by atoms with Crippen LogP contribution in [0, 0.1) is 13.8 Å². The maximum atomic E-state index is 12.8. The molecule has 0 atom stereocenters. The minimum absolute atomic E-state index is 0.000163. The zero-order valence-corrected chi connectivity index (χ0v) is 16.9. The summed E-state index contributed by atoms with van der Waals surface area (Å²) in [6.07, 6.45) is 0. The van der Waals surface area contributed by atoms with E-state index < -0.39 is 10.0 Å². The van der Waals surface area contributed by atoms with Crippen molar-refractivity contribution in [3.05, 3.63) is 88.4 Å². The minimum Gasteiger partial charge on any atom is -0.506 e. The van der Waals surface area contributed by atoms with Crippen LogP contribution in [0.4, 0.5) is 5.69 Å². The number of rotatable bonds is 4. The van der Waals surface area contributed by atoms with E-state index in [0.717, 1.165) is 0 Å². The minimum atomic E-state index is -3.93. The number of phenols is 1. The third kappa shape index (κ3) is 4.18. The van der Waals surface area contributed by atoms with Crippen molar-refractivity contribution in [2.45, 2.75) is 18.7 Å². The third-order valence-electron chi connectivity index (χ3n) is 4.23. The topological polar surface area (TPSA) is 78.8 Å². The third-order valence-corrected chi connectivity index (χ3v) is 5.98. The number of nitrogens with zero attached hydrogens (tertiary/aromatic N) is 1. The normalized spacial score (nSPS) is 12.0. The van der Waals surface area contributed by atoms with E-state index in [4.69, 9.17) is 11.6 Å². The lowest BCUT2D eigenvalue weighted by Crippen LogP contribution is -2.17. The highest BCUT2D eigenvalue weighted by Crippen LogP contribution is 2.35. The number of hydrogen-bond acceptors (Lipinski definition) is 3. The molecule has 28 heavy (non-hydrogen) atoms. The van der Waals surface area contributed by atoms with Crippen molar-refractivity contribution in [2.24, 2.45) is 4.40 Å². The molecule has 0 aliphatic rings. The number of sulfonamides is 1. The van der Waals surface area contributed by atoms with E-state index in [9.17, 15) is 13.5 Å². The van der Waals surface area contributed by atoms with Gasteiger partial charge in [0.15, 0.2) is 5.84 Å². The molecule has 0 aliphatic heterocycles. The van der Waals surface area contributed by atoms with Crippen molar-refractivity contribution in [3.63, 3.8) is 0 Å². The monoisotopic (exact) mass is 414 g/mol. The molecule has 3 aromatic carbocycles. The van der Waals surface area contributed by atoms with Gasteiger partial charge < -0.3 is 10.4 Å². The van der Waals surface area contributed by atoms with Crippen molar-refractivity contribution in [3.8, 4) is 5.75 Å². The highest BCUT2D eigenvalue weighted by atomic mass is 35.5. The second kappa shape index (κ2) is 8.04. The first-order chi connectivity index (χ1) is 13.3. The Morgan fingerprint density at radius 3 is 2.18 bits per heavy atom. The molecule has 0 spiro atoms. The average molecular weight is 415 g/mol. The van der Waals surface area contributed by atoms with Gasteiger partial charge in [-0.15, -0.1) is 4.40 Å². The largest absolute Gasteiger partial charge is 0.506 e.